The monoisotopic (exact) mass is 256 g/mol. The lowest BCUT2D eigenvalue weighted by atomic mass is 10.5. The highest BCUT2D eigenvalue weighted by Crippen LogP contribution is 1.86. The molecule has 0 aromatic carbocycles. The number of amides is 2. The SMILES string of the molecule is Cn1cnc(CNC(=O)C(=O)NCC(N)=S)n1. The van der Waals surface area contributed by atoms with Gasteiger partial charge in [-0.05, 0) is 0 Å². The molecule has 0 bridgehead atoms. The van der Waals surface area contributed by atoms with Crippen molar-refractivity contribution in [2.45, 2.75) is 6.54 Å². The molecule has 0 saturated heterocycles. The Kier molecular flexibility index (Phi) is 4.52. The van der Waals surface area contributed by atoms with Gasteiger partial charge in [0.05, 0.1) is 18.1 Å². The van der Waals surface area contributed by atoms with Gasteiger partial charge in [-0.2, -0.15) is 5.10 Å². The first-order valence-electron chi connectivity index (χ1n) is 4.68. The number of aromatic nitrogens is 3. The molecule has 0 spiro atoms. The van der Waals surface area contributed by atoms with Gasteiger partial charge in [0.1, 0.15) is 6.33 Å². The highest BCUT2D eigenvalue weighted by atomic mass is 32.1. The summed E-state index contributed by atoms with van der Waals surface area (Å²) in [6.45, 7) is 0.0730. The van der Waals surface area contributed by atoms with E-state index in [1.165, 1.54) is 11.0 Å². The summed E-state index contributed by atoms with van der Waals surface area (Å²) in [7, 11) is 1.70. The number of nitrogens with zero attached hydrogens (tertiary/aromatic N) is 3. The third kappa shape index (κ3) is 4.55. The van der Waals surface area contributed by atoms with Gasteiger partial charge in [-0.15, -0.1) is 0 Å². The van der Waals surface area contributed by atoms with E-state index in [1.807, 2.05) is 0 Å². The molecule has 0 aliphatic heterocycles. The molecule has 0 unspecified atom stereocenters. The largest absolute Gasteiger partial charge is 0.392 e. The fourth-order valence-electron chi connectivity index (χ4n) is 0.952. The Morgan fingerprint density at radius 2 is 2.12 bits per heavy atom. The maximum atomic E-state index is 11.3. The van der Waals surface area contributed by atoms with Crippen LogP contribution in [0.4, 0.5) is 0 Å². The minimum atomic E-state index is -0.797. The van der Waals surface area contributed by atoms with Crippen LogP contribution < -0.4 is 16.4 Å². The number of nitrogens with two attached hydrogens (primary N) is 1. The smallest absolute Gasteiger partial charge is 0.309 e. The average Bonchev–Trinajstić information content (AvgIpc) is 2.68. The van der Waals surface area contributed by atoms with Gasteiger partial charge in [0.2, 0.25) is 0 Å². The van der Waals surface area contributed by atoms with E-state index in [4.69, 9.17) is 5.73 Å². The summed E-state index contributed by atoms with van der Waals surface area (Å²) in [6, 6.07) is 0. The predicted molar refractivity (Wildman–Crippen MR) is 62.6 cm³/mol. The Hall–Kier alpha value is -2.03. The molecule has 0 radical (unpaired) electrons. The first-order chi connectivity index (χ1) is 7.99. The molecule has 9 heteroatoms. The van der Waals surface area contributed by atoms with Gasteiger partial charge < -0.3 is 16.4 Å². The molecule has 8 nitrogen and oxygen atoms in total. The third-order valence-electron chi connectivity index (χ3n) is 1.68. The maximum Gasteiger partial charge on any atom is 0.309 e. The summed E-state index contributed by atoms with van der Waals surface area (Å²) < 4.78 is 1.49. The Labute approximate surface area is 103 Å². The lowest BCUT2D eigenvalue weighted by molar-refractivity contribution is -0.139. The zero-order chi connectivity index (χ0) is 12.8. The van der Waals surface area contributed by atoms with E-state index in [0.717, 1.165) is 0 Å². The molecule has 0 saturated carbocycles. The van der Waals surface area contributed by atoms with Gasteiger partial charge in [-0.1, -0.05) is 12.2 Å². The predicted octanol–water partition coefficient (Wildman–Crippen LogP) is -2.17. The molecule has 1 aromatic rings. The summed E-state index contributed by atoms with van der Waals surface area (Å²) in [5.41, 5.74) is 5.17. The summed E-state index contributed by atoms with van der Waals surface area (Å²) in [6.07, 6.45) is 1.49. The molecule has 17 heavy (non-hydrogen) atoms. The minimum Gasteiger partial charge on any atom is -0.392 e. The zero-order valence-electron chi connectivity index (χ0n) is 9.14. The molecule has 4 N–H and O–H groups in total. The van der Waals surface area contributed by atoms with Crippen molar-refractivity contribution in [3.8, 4) is 0 Å². The Morgan fingerprint density at radius 3 is 2.65 bits per heavy atom. The van der Waals surface area contributed by atoms with E-state index in [2.05, 4.69) is 32.9 Å². The molecule has 2 amide bonds. The summed E-state index contributed by atoms with van der Waals surface area (Å²) in [5, 5.41) is 8.56. The van der Waals surface area contributed by atoms with Crippen LogP contribution in [0, 0.1) is 0 Å². The van der Waals surface area contributed by atoms with Gasteiger partial charge in [-0.25, -0.2) is 4.98 Å². The van der Waals surface area contributed by atoms with Crippen LogP contribution in [0.3, 0.4) is 0 Å². The average molecular weight is 256 g/mol. The van der Waals surface area contributed by atoms with Crippen molar-refractivity contribution in [2.75, 3.05) is 6.54 Å². The van der Waals surface area contributed by atoms with Crippen molar-refractivity contribution in [1.82, 2.24) is 25.4 Å². The molecular weight excluding hydrogens is 244 g/mol. The number of hydrogen-bond acceptors (Lipinski definition) is 5. The number of carbonyl (C=O) groups excluding carboxylic acids is 2. The van der Waals surface area contributed by atoms with E-state index >= 15 is 0 Å². The molecule has 0 fully saturated rings. The first kappa shape index (κ1) is 13.0. The number of carbonyl (C=O) groups is 2. The summed E-state index contributed by atoms with van der Waals surface area (Å²) in [5.74, 6) is -1.16. The van der Waals surface area contributed by atoms with Gasteiger partial charge in [0, 0.05) is 7.05 Å². The van der Waals surface area contributed by atoms with Crippen LogP contribution >= 0.6 is 12.2 Å². The molecule has 1 rings (SSSR count). The summed E-state index contributed by atoms with van der Waals surface area (Å²) in [4.78, 5) is 26.5. The standard InChI is InChI=1S/C8H12N6O2S/c1-14-4-12-6(13-14)3-11-8(16)7(15)10-2-5(9)17/h4H,2-3H2,1H3,(H2,9,17)(H,10,15)(H,11,16). The fraction of sp³-hybridized carbons (Fsp3) is 0.375. The topological polar surface area (TPSA) is 115 Å². The molecule has 1 heterocycles. The molecule has 1 aromatic heterocycles. The van der Waals surface area contributed by atoms with Crippen LogP contribution in [0.25, 0.3) is 0 Å². The van der Waals surface area contributed by atoms with Crippen LogP contribution in [0.2, 0.25) is 0 Å². The second-order valence-electron chi connectivity index (χ2n) is 3.17. The minimum absolute atomic E-state index is 0.0105. The summed E-state index contributed by atoms with van der Waals surface area (Å²) >= 11 is 4.55. The van der Waals surface area contributed by atoms with Gasteiger partial charge in [-0.3, -0.25) is 14.3 Å². The van der Waals surface area contributed by atoms with E-state index < -0.39 is 11.8 Å². The van der Waals surface area contributed by atoms with Crippen molar-refractivity contribution in [1.29, 1.82) is 0 Å². The number of rotatable bonds is 4. The molecular formula is C8H12N6O2S. The van der Waals surface area contributed by atoms with E-state index in [0.29, 0.717) is 5.82 Å². The second kappa shape index (κ2) is 5.89. The van der Waals surface area contributed by atoms with Gasteiger partial charge >= 0.3 is 11.8 Å². The van der Waals surface area contributed by atoms with Crippen molar-refractivity contribution in [3.05, 3.63) is 12.2 Å². The maximum absolute atomic E-state index is 11.3. The lowest BCUT2D eigenvalue weighted by Gasteiger charge is -2.03. The van der Waals surface area contributed by atoms with E-state index in [1.54, 1.807) is 7.05 Å². The van der Waals surface area contributed by atoms with Crippen molar-refractivity contribution >= 4 is 29.0 Å². The molecule has 0 aliphatic rings. The van der Waals surface area contributed by atoms with Crippen molar-refractivity contribution < 1.29 is 9.59 Å². The second-order valence-corrected chi connectivity index (χ2v) is 3.69. The van der Waals surface area contributed by atoms with Crippen LogP contribution in [-0.2, 0) is 23.2 Å². The van der Waals surface area contributed by atoms with Crippen molar-refractivity contribution in [3.63, 3.8) is 0 Å². The van der Waals surface area contributed by atoms with Crippen LogP contribution in [-0.4, -0.2) is 38.1 Å². The van der Waals surface area contributed by atoms with Gasteiger partial charge in [0.25, 0.3) is 0 Å². The van der Waals surface area contributed by atoms with E-state index in [-0.39, 0.29) is 18.1 Å². The number of hydrogen-bond donors (Lipinski definition) is 3. The van der Waals surface area contributed by atoms with E-state index in [9.17, 15) is 9.59 Å². The number of aryl methyl sites for hydroxylation is 1. The molecule has 0 aliphatic carbocycles. The van der Waals surface area contributed by atoms with Gasteiger partial charge in [0.15, 0.2) is 5.82 Å². The Balaban J connectivity index is 2.34. The van der Waals surface area contributed by atoms with Crippen molar-refractivity contribution in [2.24, 2.45) is 12.8 Å². The Bertz CT molecular complexity index is 443. The Morgan fingerprint density at radius 1 is 1.47 bits per heavy atom. The highest BCUT2D eigenvalue weighted by molar-refractivity contribution is 7.80. The number of thiocarbonyl (C=S) groups is 1. The third-order valence-corrected chi connectivity index (χ3v) is 1.83. The fourth-order valence-corrected chi connectivity index (χ4v) is 1.02. The number of nitrogens with one attached hydrogen (secondary N) is 2. The molecule has 92 valence electrons. The lowest BCUT2D eigenvalue weighted by Crippen LogP contribution is -2.42. The van der Waals surface area contributed by atoms with Crippen LogP contribution in [0.15, 0.2) is 6.33 Å². The normalized spacial score (nSPS) is 9.71. The highest BCUT2D eigenvalue weighted by Gasteiger charge is 2.13. The zero-order valence-corrected chi connectivity index (χ0v) is 9.95. The van der Waals surface area contributed by atoms with Crippen LogP contribution in [0.1, 0.15) is 5.82 Å². The quantitative estimate of drug-likeness (QED) is 0.417. The first-order valence-corrected chi connectivity index (χ1v) is 5.08. The van der Waals surface area contributed by atoms with Crippen LogP contribution in [0.5, 0.6) is 0 Å². The molecule has 0 atom stereocenters.